The summed E-state index contributed by atoms with van der Waals surface area (Å²) in [5.74, 6) is -0.0974. The van der Waals surface area contributed by atoms with Crippen LogP contribution >= 0.6 is 55.7 Å². The summed E-state index contributed by atoms with van der Waals surface area (Å²) < 4.78 is 2.79. The Kier molecular flexibility index (Phi) is 6.25. The maximum absolute atomic E-state index is 12.7. The zero-order valence-corrected chi connectivity index (χ0v) is 18.6. The summed E-state index contributed by atoms with van der Waals surface area (Å²) in [4.78, 5) is 16.9. The molecule has 0 aliphatic heterocycles. The molecule has 0 unspecified atom stereocenters. The Morgan fingerprint density at radius 3 is 2.74 bits per heavy atom. The highest BCUT2D eigenvalue weighted by molar-refractivity contribution is 9.10. The van der Waals surface area contributed by atoms with Gasteiger partial charge in [-0.3, -0.25) is 10.1 Å². The summed E-state index contributed by atoms with van der Waals surface area (Å²) in [6.07, 6.45) is 1.57. The first-order valence-corrected chi connectivity index (χ1v) is 9.97. The lowest BCUT2D eigenvalue weighted by molar-refractivity contribution is 0.0970. The molecule has 1 amide bonds. The monoisotopic (exact) mass is 527 g/mol. The molecule has 1 aromatic carbocycles. The van der Waals surface area contributed by atoms with E-state index in [1.807, 2.05) is 25.1 Å². The van der Waals surface area contributed by atoms with E-state index >= 15 is 0 Å². The number of aromatic nitrogens is 3. The summed E-state index contributed by atoms with van der Waals surface area (Å²) in [5.41, 5.74) is 2.01. The highest BCUT2D eigenvalue weighted by Crippen LogP contribution is 2.22. The van der Waals surface area contributed by atoms with Gasteiger partial charge in [0.05, 0.1) is 5.02 Å². The molecule has 2 aromatic heterocycles. The summed E-state index contributed by atoms with van der Waals surface area (Å²) in [6, 6.07) is 10.6. The molecule has 10 heteroatoms. The number of nitrogens with zero attached hydrogens (tertiary/aromatic N) is 3. The standard InChI is InChI=1S/C17H12Br2ClN5OS/c1-9-7-10(18)4-5-12(9)22-17(27)23-16(26)13-8-14(19)24-25(13)15-11(20)3-2-6-21-15/h2-8H,1H3,(H2,22,23,26,27). The number of nitrogens with one attached hydrogen (secondary N) is 2. The lowest BCUT2D eigenvalue weighted by Gasteiger charge is -2.12. The van der Waals surface area contributed by atoms with Crippen LogP contribution < -0.4 is 10.6 Å². The number of amides is 1. The number of pyridine rings is 1. The molecule has 3 rings (SSSR count). The second-order valence-electron chi connectivity index (χ2n) is 5.44. The fraction of sp³-hybridized carbons (Fsp3) is 0.0588. The van der Waals surface area contributed by atoms with Crippen molar-refractivity contribution in [1.29, 1.82) is 0 Å². The van der Waals surface area contributed by atoms with Crippen LogP contribution in [0.2, 0.25) is 5.02 Å². The third-order valence-corrected chi connectivity index (χ3v) is 4.90. The van der Waals surface area contributed by atoms with Gasteiger partial charge in [-0.15, -0.1) is 0 Å². The SMILES string of the molecule is Cc1cc(Br)ccc1NC(=S)NC(=O)c1cc(Br)nn1-c1ncccc1Cl. The average molecular weight is 530 g/mol. The molecule has 0 spiro atoms. The van der Waals surface area contributed by atoms with Crippen molar-refractivity contribution in [2.75, 3.05) is 5.32 Å². The van der Waals surface area contributed by atoms with Crippen LogP contribution in [0.4, 0.5) is 5.69 Å². The van der Waals surface area contributed by atoms with E-state index in [0.717, 1.165) is 15.7 Å². The van der Waals surface area contributed by atoms with E-state index in [0.29, 0.717) is 15.4 Å². The van der Waals surface area contributed by atoms with Crippen molar-refractivity contribution >= 4 is 72.4 Å². The molecule has 2 heterocycles. The van der Waals surface area contributed by atoms with E-state index in [9.17, 15) is 4.79 Å². The van der Waals surface area contributed by atoms with Gasteiger partial charge in [0.1, 0.15) is 10.3 Å². The predicted octanol–water partition coefficient (Wildman–Crippen LogP) is 4.88. The molecule has 0 bridgehead atoms. The molecule has 0 aliphatic carbocycles. The number of carbonyl (C=O) groups is 1. The Morgan fingerprint density at radius 2 is 2.04 bits per heavy atom. The minimum Gasteiger partial charge on any atom is -0.332 e. The zero-order chi connectivity index (χ0) is 19.6. The van der Waals surface area contributed by atoms with Gasteiger partial charge in [-0.05, 0) is 71.0 Å². The zero-order valence-electron chi connectivity index (χ0n) is 13.8. The second kappa shape index (κ2) is 8.47. The minimum atomic E-state index is -0.442. The predicted molar refractivity (Wildman–Crippen MR) is 117 cm³/mol. The summed E-state index contributed by atoms with van der Waals surface area (Å²) >= 11 is 18.1. The molecular weight excluding hydrogens is 518 g/mol. The number of hydrogen-bond donors (Lipinski definition) is 2. The normalized spacial score (nSPS) is 10.5. The molecule has 3 aromatic rings. The minimum absolute atomic E-state index is 0.168. The molecule has 0 aliphatic rings. The topological polar surface area (TPSA) is 71.8 Å². The molecule has 0 radical (unpaired) electrons. The second-order valence-corrected chi connectivity index (χ2v) is 7.98. The van der Waals surface area contributed by atoms with E-state index in [2.05, 4.69) is 52.6 Å². The number of benzene rings is 1. The average Bonchev–Trinajstić information content (AvgIpc) is 2.99. The summed E-state index contributed by atoms with van der Waals surface area (Å²) in [7, 11) is 0. The Bertz CT molecular complexity index is 1040. The number of hydrogen-bond acceptors (Lipinski definition) is 4. The first-order chi connectivity index (χ1) is 12.8. The van der Waals surface area contributed by atoms with Gasteiger partial charge in [-0.1, -0.05) is 27.5 Å². The van der Waals surface area contributed by atoms with Crippen molar-refractivity contribution in [1.82, 2.24) is 20.1 Å². The van der Waals surface area contributed by atoms with Crippen molar-refractivity contribution < 1.29 is 4.79 Å². The van der Waals surface area contributed by atoms with Gasteiger partial charge < -0.3 is 5.32 Å². The van der Waals surface area contributed by atoms with Gasteiger partial charge in [0.25, 0.3) is 5.91 Å². The number of carbonyl (C=O) groups excluding carboxylic acids is 1. The number of thiocarbonyl (C=S) groups is 1. The van der Waals surface area contributed by atoms with Crippen molar-refractivity contribution in [3.8, 4) is 5.82 Å². The first kappa shape index (κ1) is 19.9. The molecule has 0 atom stereocenters. The van der Waals surface area contributed by atoms with E-state index in [4.69, 9.17) is 23.8 Å². The lowest BCUT2D eigenvalue weighted by Crippen LogP contribution is -2.35. The maximum Gasteiger partial charge on any atom is 0.276 e. The quantitative estimate of drug-likeness (QED) is 0.473. The largest absolute Gasteiger partial charge is 0.332 e. The molecule has 6 nitrogen and oxygen atoms in total. The van der Waals surface area contributed by atoms with Crippen LogP contribution in [0.5, 0.6) is 0 Å². The summed E-state index contributed by atoms with van der Waals surface area (Å²) in [6.45, 7) is 1.94. The van der Waals surface area contributed by atoms with Crippen LogP contribution in [0.25, 0.3) is 5.82 Å². The Hall–Kier alpha value is -1.81. The third kappa shape index (κ3) is 4.73. The number of anilines is 1. The van der Waals surface area contributed by atoms with Crippen molar-refractivity contribution in [3.05, 3.63) is 68.0 Å². The van der Waals surface area contributed by atoms with Crippen LogP contribution in [0, 0.1) is 6.92 Å². The summed E-state index contributed by atoms with van der Waals surface area (Å²) in [5, 5.41) is 10.4. The Morgan fingerprint density at radius 1 is 1.26 bits per heavy atom. The Balaban J connectivity index is 1.81. The van der Waals surface area contributed by atoms with Crippen LogP contribution in [0.3, 0.4) is 0 Å². The van der Waals surface area contributed by atoms with Gasteiger partial charge >= 0.3 is 0 Å². The Labute approximate surface area is 182 Å². The first-order valence-electron chi connectivity index (χ1n) is 7.60. The van der Waals surface area contributed by atoms with Crippen LogP contribution in [0.15, 0.2) is 51.7 Å². The van der Waals surface area contributed by atoms with Crippen molar-refractivity contribution in [2.24, 2.45) is 0 Å². The number of rotatable bonds is 3. The molecular formula is C17H12Br2ClN5OS. The van der Waals surface area contributed by atoms with Gasteiger partial charge in [0.2, 0.25) is 0 Å². The highest BCUT2D eigenvalue weighted by Gasteiger charge is 2.19. The van der Waals surface area contributed by atoms with Crippen LogP contribution in [0.1, 0.15) is 16.1 Å². The van der Waals surface area contributed by atoms with E-state index in [1.165, 1.54) is 4.68 Å². The van der Waals surface area contributed by atoms with E-state index in [-0.39, 0.29) is 10.8 Å². The van der Waals surface area contributed by atoms with Crippen LogP contribution in [-0.2, 0) is 0 Å². The molecule has 27 heavy (non-hydrogen) atoms. The number of halogens is 3. The van der Waals surface area contributed by atoms with Gasteiger partial charge in [-0.25, -0.2) is 9.67 Å². The highest BCUT2D eigenvalue weighted by atomic mass is 79.9. The lowest BCUT2D eigenvalue weighted by atomic mass is 10.2. The maximum atomic E-state index is 12.7. The fourth-order valence-corrected chi connectivity index (χ4v) is 3.55. The molecule has 0 saturated carbocycles. The van der Waals surface area contributed by atoms with Gasteiger partial charge in [-0.2, -0.15) is 5.10 Å². The molecule has 0 fully saturated rings. The molecule has 2 N–H and O–H groups in total. The van der Waals surface area contributed by atoms with Gasteiger partial charge in [0, 0.05) is 22.4 Å². The van der Waals surface area contributed by atoms with Crippen molar-refractivity contribution in [2.45, 2.75) is 6.92 Å². The smallest absolute Gasteiger partial charge is 0.276 e. The van der Waals surface area contributed by atoms with Gasteiger partial charge in [0.15, 0.2) is 10.9 Å². The van der Waals surface area contributed by atoms with Crippen molar-refractivity contribution in [3.63, 3.8) is 0 Å². The molecule has 0 saturated heterocycles. The van der Waals surface area contributed by atoms with E-state index < -0.39 is 5.91 Å². The van der Waals surface area contributed by atoms with Crippen LogP contribution in [-0.4, -0.2) is 25.8 Å². The molecule has 138 valence electrons. The fourth-order valence-electron chi connectivity index (χ4n) is 2.30. The van der Waals surface area contributed by atoms with E-state index in [1.54, 1.807) is 24.4 Å². The third-order valence-electron chi connectivity index (χ3n) is 3.52. The number of aryl methyl sites for hydroxylation is 1.